The Labute approximate surface area is 104 Å². The Balaban J connectivity index is 2.94. The van der Waals surface area contributed by atoms with Gasteiger partial charge in [0, 0.05) is 5.02 Å². The zero-order valence-electron chi connectivity index (χ0n) is 8.67. The molecule has 6 heteroatoms. The molecule has 0 aliphatic heterocycles. The van der Waals surface area contributed by atoms with Crippen molar-refractivity contribution in [3.05, 3.63) is 34.3 Å². The summed E-state index contributed by atoms with van der Waals surface area (Å²) in [7, 11) is 0. The third-order valence-corrected chi connectivity index (χ3v) is 2.61. The maximum absolute atomic E-state index is 11.0. The van der Waals surface area contributed by atoms with Gasteiger partial charge in [-0.2, -0.15) is 0 Å². The van der Waals surface area contributed by atoms with Gasteiger partial charge in [0.05, 0.1) is 5.88 Å². The second kappa shape index (κ2) is 5.94. The number of hydrogen-bond donors (Lipinski definition) is 2. The van der Waals surface area contributed by atoms with Crippen LogP contribution in [-0.2, 0) is 4.74 Å². The maximum atomic E-state index is 11.0. The van der Waals surface area contributed by atoms with Crippen LogP contribution in [-0.4, -0.2) is 12.0 Å². The molecule has 0 aliphatic carbocycles. The summed E-state index contributed by atoms with van der Waals surface area (Å²) in [6.07, 6.45) is -1.30. The van der Waals surface area contributed by atoms with E-state index in [-0.39, 0.29) is 5.88 Å². The molecular weight excluding hydrogens is 251 g/mol. The monoisotopic (exact) mass is 262 g/mol. The van der Waals surface area contributed by atoms with Crippen LogP contribution in [0.1, 0.15) is 17.2 Å². The lowest BCUT2D eigenvalue weighted by atomic mass is 10.0. The van der Waals surface area contributed by atoms with Crippen molar-refractivity contribution < 1.29 is 9.53 Å². The van der Waals surface area contributed by atoms with Crippen molar-refractivity contribution in [1.29, 1.82) is 0 Å². The largest absolute Gasteiger partial charge is 0.439 e. The van der Waals surface area contributed by atoms with Gasteiger partial charge in [0.1, 0.15) is 6.10 Å². The number of nitrogens with one attached hydrogen (secondary N) is 1. The van der Waals surface area contributed by atoms with E-state index in [0.717, 1.165) is 11.1 Å². The molecule has 0 aromatic heterocycles. The Bertz CT molecular complexity index is 385. The first-order chi connectivity index (χ1) is 7.58. The maximum Gasteiger partial charge on any atom is 0.422 e. The van der Waals surface area contributed by atoms with E-state index >= 15 is 0 Å². The number of hydrazine groups is 1. The van der Waals surface area contributed by atoms with E-state index in [4.69, 9.17) is 33.8 Å². The summed E-state index contributed by atoms with van der Waals surface area (Å²) in [4.78, 5) is 11.0. The number of nitrogens with two attached hydrogens (primary N) is 1. The van der Waals surface area contributed by atoms with Gasteiger partial charge in [-0.1, -0.05) is 17.7 Å². The molecule has 0 fully saturated rings. The summed E-state index contributed by atoms with van der Waals surface area (Å²) in [6.45, 7) is 1.88. The molecule has 0 heterocycles. The Kier molecular flexibility index (Phi) is 4.86. The average molecular weight is 263 g/mol. The van der Waals surface area contributed by atoms with Crippen molar-refractivity contribution >= 4 is 29.3 Å². The topological polar surface area (TPSA) is 64.3 Å². The zero-order valence-corrected chi connectivity index (χ0v) is 10.2. The van der Waals surface area contributed by atoms with Crippen LogP contribution in [0.3, 0.4) is 0 Å². The van der Waals surface area contributed by atoms with Crippen molar-refractivity contribution in [3.63, 3.8) is 0 Å². The highest BCUT2D eigenvalue weighted by Crippen LogP contribution is 2.25. The minimum Gasteiger partial charge on any atom is -0.439 e. The van der Waals surface area contributed by atoms with Crippen molar-refractivity contribution in [1.82, 2.24) is 5.43 Å². The highest BCUT2D eigenvalue weighted by atomic mass is 35.5. The van der Waals surface area contributed by atoms with Crippen LogP contribution in [0.4, 0.5) is 4.79 Å². The third-order valence-electron chi connectivity index (χ3n) is 2.10. The third kappa shape index (κ3) is 3.27. The van der Waals surface area contributed by atoms with E-state index in [2.05, 4.69) is 0 Å². The van der Waals surface area contributed by atoms with Gasteiger partial charge in [0.15, 0.2) is 0 Å². The number of carbonyl (C=O) groups is 1. The number of amides is 1. The van der Waals surface area contributed by atoms with Gasteiger partial charge in [-0.25, -0.2) is 10.6 Å². The standard InChI is InChI=1S/C10H12Cl2N2O2/c1-6-2-3-7(12)4-8(6)9(5-11)16-10(15)14-13/h2-4,9H,5,13H2,1H3,(H,14,15). The van der Waals surface area contributed by atoms with Crippen LogP contribution in [0.15, 0.2) is 18.2 Å². The number of benzene rings is 1. The molecule has 1 amide bonds. The van der Waals surface area contributed by atoms with Gasteiger partial charge < -0.3 is 4.74 Å². The number of aryl methyl sites for hydroxylation is 1. The van der Waals surface area contributed by atoms with Gasteiger partial charge >= 0.3 is 6.09 Å². The number of alkyl halides is 1. The van der Waals surface area contributed by atoms with E-state index in [1.54, 1.807) is 12.1 Å². The van der Waals surface area contributed by atoms with Gasteiger partial charge in [-0.3, -0.25) is 5.43 Å². The molecule has 0 spiro atoms. The minimum atomic E-state index is -0.731. The molecule has 0 saturated heterocycles. The van der Waals surface area contributed by atoms with Crippen molar-refractivity contribution in [2.24, 2.45) is 5.84 Å². The molecular formula is C10H12Cl2N2O2. The predicted octanol–water partition coefficient (Wildman–Crippen LogP) is 2.53. The van der Waals surface area contributed by atoms with E-state index in [9.17, 15) is 4.79 Å². The van der Waals surface area contributed by atoms with Crippen molar-refractivity contribution in [2.75, 3.05) is 5.88 Å². The van der Waals surface area contributed by atoms with Crippen LogP contribution >= 0.6 is 23.2 Å². The highest BCUT2D eigenvalue weighted by molar-refractivity contribution is 6.30. The van der Waals surface area contributed by atoms with Crippen molar-refractivity contribution in [3.8, 4) is 0 Å². The lowest BCUT2D eigenvalue weighted by Crippen LogP contribution is -2.32. The summed E-state index contributed by atoms with van der Waals surface area (Å²) < 4.78 is 5.01. The molecule has 0 aliphatic rings. The van der Waals surface area contributed by atoms with Crippen LogP contribution in [0, 0.1) is 6.92 Å². The predicted molar refractivity (Wildman–Crippen MR) is 63.5 cm³/mol. The number of hydrogen-bond acceptors (Lipinski definition) is 3. The van der Waals surface area contributed by atoms with Gasteiger partial charge in [0.25, 0.3) is 0 Å². The fourth-order valence-electron chi connectivity index (χ4n) is 1.30. The van der Waals surface area contributed by atoms with Gasteiger partial charge in [-0.05, 0) is 30.2 Å². The highest BCUT2D eigenvalue weighted by Gasteiger charge is 2.17. The summed E-state index contributed by atoms with van der Waals surface area (Å²) in [5.41, 5.74) is 3.59. The molecule has 88 valence electrons. The molecule has 16 heavy (non-hydrogen) atoms. The van der Waals surface area contributed by atoms with Crippen LogP contribution in [0.25, 0.3) is 0 Å². The summed E-state index contributed by atoms with van der Waals surface area (Å²) >= 11 is 11.6. The smallest absolute Gasteiger partial charge is 0.422 e. The molecule has 1 unspecified atom stereocenters. The zero-order chi connectivity index (χ0) is 12.1. The van der Waals surface area contributed by atoms with E-state index in [0.29, 0.717) is 5.02 Å². The number of rotatable bonds is 3. The first kappa shape index (κ1) is 13.1. The summed E-state index contributed by atoms with van der Waals surface area (Å²) in [5.74, 6) is 5.06. The summed E-state index contributed by atoms with van der Waals surface area (Å²) in [6, 6.07) is 5.31. The molecule has 0 bridgehead atoms. The molecule has 1 atom stereocenters. The molecule has 1 aromatic carbocycles. The van der Waals surface area contributed by atoms with Crippen molar-refractivity contribution in [2.45, 2.75) is 13.0 Å². The Morgan fingerprint density at radius 3 is 2.88 bits per heavy atom. The van der Waals surface area contributed by atoms with Crippen LogP contribution in [0.2, 0.25) is 5.02 Å². The average Bonchev–Trinajstić information content (AvgIpc) is 2.29. The molecule has 3 N–H and O–H groups in total. The van der Waals surface area contributed by atoms with E-state index in [1.807, 2.05) is 18.4 Å². The van der Waals surface area contributed by atoms with E-state index < -0.39 is 12.2 Å². The molecule has 0 radical (unpaired) electrons. The lowest BCUT2D eigenvalue weighted by Gasteiger charge is -2.17. The number of ether oxygens (including phenoxy) is 1. The first-order valence-corrected chi connectivity index (χ1v) is 5.49. The Hall–Kier alpha value is -0.970. The van der Waals surface area contributed by atoms with Gasteiger partial charge in [0.2, 0.25) is 0 Å². The lowest BCUT2D eigenvalue weighted by molar-refractivity contribution is 0.108. The molecule has 1 aromatic rings. The fraction of sp³-hybridized carbons (Fsp3) is 0.300. The number of halogens is 2. The SMILES string of the molecule is Cc1ccc(Cl)cc1C(CCl)OC(=O)NN. The molecule has 1 rings (SSSR count). The summed E-state index contributed by atoms with van der Waals surface area (Å²) in [5, 5.41) is 0.562. The number of carbonyl (C=O) groups excluding carboxylic acids is 1. The normalized spacial score (nSPS) is 12.0. The fourth-order valence-corrected chi connectivity index (χ4v) is 1.71. The van der Waals surface area contributed by atoms with Gasteiger partial charge in [-0.15, -0.1) is 11.6 Å². The molecule has 0 saturated carbocycles. The van der Waals surface area contributed by atoms with Crippen LogP contribution in [0.5, 0.6) is 0 Å². The second-order valence-corrected chi connectivity index (χ2v) is 3.94. The minimum absolute atomic E-state index is 0.134. The quantitative estimate of drug-likeness (QED) is 0.381. The second-order valence-electron chi connectivity index (χ2n) is 3.19. The van der Waals surface area contributed by atoms with Crippen LogP contribution < -0.4 is 11.3 Å². The van der Waals surface area contributed by atoms with E-state index in [1.165, 1.54) is 0 Å². The molecule has 4 nitrogen and oxygen atoms in total. The Morgan fingerprint density at radius 1 is 1.62 bits per heavy atom. The Morgan fingerprint density at radius 2 is 2.31 bits per heavy atom. The first-order valence-electron chi connectivity index (χ1n) is 4.57.